The van der Waals surface area contributed by atoms with Crippen LogP contribution in [0.3, 0.4) is 0 Å². The monoisotopic (exact) mass is 238 g/mol. The first-order valence-electron chi connectivity index (χ1n) is 6.88. The Morgan fingerprint density at radius 1 is 0.722 bits per heavy atom. The van der Waals surface area contributed by atoms with E-state index >= 15 is 0 Å². The van der Waals surface area contributed by atoms with Crippen molar-refractivity contribution in [2.24, 2.45) is 0 Å². The highest BCUT2D eigenvalue weighted by atomic mass is 14.0. The summed E-state index contributed by atoms with van der Waals surface area (Å²) < 4.78 is 0. The van der Waals surface area contributed by atoms with Gasteiger partial charge in [0.25, 0.3) is 0 Å². The van der Waals surface area contributed by atoms with Crippen LogP contribution in [0.2, 0.25) is 0 Å². The first-order valence-corrected chi connectivity index (χ1v) is 6.88. The van der Waals surface area contributed by atoms with Crippen molar-refractivity contribution < 1.29 is 0 Å². The molecule has 0 atom stereocenters. The van der Waals surface area contributed by atoms with E-state index in [1.807, 2.05) is 0 Å². The summed E-state index contributed by atoms with van der Waals surface area (Å²) in [6, 6.07) is 19.8. The molecule has 0 spiro atoms. The molecule has 0 aliphatic carbocycles. The summed E-state index contributed by atoms with van der Waals surface area (Å²) in [7, 11) is 0. The molecule has 2 aromatic rings. The Morgan fingerprint density at radius 2 is 1.28 bits per heavy atom. The summed E-state index contributed by atoms with van der Waals surface area (Å²) in [6.07, 6.45) is 3.57. The summed E-state index contributed by atoms with van der Waals surface area (Å²) in [5, 5.41) is 0. The lowest BCUT2D eigenvalue weighted by molar-refractivity contribution is 0.816. The average Bonchev–Trinajstić information content (AvgIpc) is 2.40. The van der Waals surface area contributed by atoms with Crippen LogP contribution in [-0.4, -0.2) is 0 Å². The van der Waals surface area contributed by atoms with Crippen LogP contribution in [0, 0.1) is 0 Å². The van der Waals surface area contributed by atoms with Crippen molar-refractivity contribution in [3.05, 3.63) is 71.3 Å². The number of aryl methyl sites for hydroxylation is 2. The summed E-state index contributed by atoms with van der Waals surface area (Å²) in [4.78, 5) is 0. The first-order chi connectivity index (χ1) is 8.75. The van der Waals surface area contributed by atoms with Crippen LogP contribution in [0.25, 0.3) is 0 Å². The molecule has 0 aromatic heterocycles. The smallest absolute Gasteiger partial charge is 0.0219 e. The normalized spacial score (nSPS) is 10.8. The summed E-state index contributed by atoms with van der Waals surface area (Å²) in [6.45, 7) is 4.48. The van der Waals surface area contributed by atoms with Gasteiger partial charge in [-0.05, 0) is 41.9 Å². The van der Waals surface area contributed by atoms with Gasteiger partial charge in [0.15, 0.2) is 0 Å². The Hall–Kier alpha value is -1.56. The molecular weight excluding hydrogens is 216 g/mol. The predicted octanol–water partition coefficient (Wildman–Crippen LogP) is 4.99. The highest BCUT2D eigenvalue weighted by Crippen LogP contribution is 2.16. The van der Waals surface area contributed by atoms with Gasteiger partial charge in [0, 0.05) is 0 Å². The third-order valence-corrected chi connectivity index (χ3v) is 3.42. The van der Waals surface area contributed by atoms with E-state index in [9.17, 15) is 0 Å². The van der Waals surface area contributed by atoms with Crippen molar-refractivity contribution in [2.45, 2.75) is 39.0 Å². The topological polar surface area (TPSA) is 0 Å². The van der Waals surface area contributed by atoms with Crippen LogP contribution in [0.15, 0.2) is 54.6 Å². The number of hydrogen-bond acceptors (Lipinski definition) is 0. The van der Waals surface area contributed by atoms with E-state index in [1.165, 1.54) is 36.0 Å². The minimum atomic E-state index is 0.628. The zero-order chi connectivity index (χ0) is 12.8. The van der Waals surface area contributed by atoms with Gasteiger partial charge in [0.05, 0.1) is 0 Å². The molecule has 0 saturated heterocycles. The molecule has 94 valence electrons. The Bertz CT molecular complexity index is 451. The molecule has 0 radical (unpaired) electrons. The number of rotatable bonds is 5. The van der Waals surface area contributed by atoms with Crippen LogP contribution < -0.4 is 0 Å². The molecule has 0 fully saturated rings. The molecule has 0 bridgehead atoms. The number of hydrogen-bond donors (Lipinski definition) is 0. The molecule has 0 heterocycles. The Labute approximate surface area is 111 Å². The lowest BCUT2D eigenvalue weighted by atomic mass is 9.99. The van der Waals surface area contributed by atoms with Crippen molar-refractivity contribution >= 4 is 0 Å². The molecule has 0 unspecified atom stereocenters. The van der Waals surface area contributed by atoms with Gasteiger partial charge in [-0.3, -0.25) is 0 Å². The minimum Gasteiger partial charge on any atom is -0.0622 e. The second kappa shape index (κ2) is 6.39. The predicted molar refractivity (Wildman–Crippen MR) is 79.0 cm³/mol. The van der Waals surface area contributed by atoms with Gasteiger partial charge >= 0.3 is 0 Å². The van der Waals surface area contributed by atoms with E-state index in [4.69, 9.17) is 0 Å². The van der Waals surface area contributed by atoms with Crippen molar-refractivity contribution in [1.29, 1.82) is 0 Å². The van der Waals surface area contributed by atoms with Gasteiger partial charge < -0.3 is 0 Å². The highest BCUT2D eigenvalue weighted by molar-refractivity contribution is 5.25. The molecule has 0 aliphatic heterocycles. The van der Waals surface area contributed by atoms with E-state index in [1.54, 1.807) is 0 Å². The third kappa shape index (κ3) is 3.73. The SMILES string of the molecule is CC(C)c1ccc(CCCc2ccccc2)cc1. The van der Waals surface area contributed by atoms with Gasteiger partial charge in [0.2, 0.25) is 0 Å². The van der Waals surface area contributed by atoms with Crippen molar-refractivity contribution in [3.63, 3.8) is 0 Å². The van der Waals surface area contributed by atoms with E-state index < -0.39 is 0 Å². The van der Waals surface area contributed by atoms with Gasteiger partial charge in [0.1, 0.15) is 0 Å². The van der Waals surface area contributed by atoms with Gasteiger partial charge in [-0.25, -0.2) is 0 Å². The molecule has 0 heteroatoms. The molecule has 2 rings (SSSR count). The largest absolute Gasteiger partial charge is 0.0622 e. The van der Waals surface area contributed by atoms with Crippen LogP contribution in [0.1, 0.15) is 42.9 Å². The Kier molecular flexibility index (Phi) is 4.58. The summed E-state index contributed by atoms with van der Waals surface area (Å²) in [5.74, 6) is 0.628. The first kappa shape index (κ1) is 12.9. The van der Waals surface area contributed by atoms with E-state index in [0.29, 0.717) is 5.92 Å². The Morgan fingerprint density at radius 3 is 1.83 bits per heavy atom. The lowest BCUT2D eigenvalue weighted by Gasteiger charge is -2.07. The molecule has 0 nitrogen and oxygen atoms in total. The third-order valence-electron chi connectivity index (χ3n) is 3.42. The fraction of sp³-hybridized carbons (Fsp3) is 0.333. The van der Waals surface area contributed by atoms with Gasteiger partial charge in [-0.1, -0.05) is 68.4 Å². The van der Waals surface area contributed by atoms with E-state index in [-0.39, 0.29) is 0 Å². The molecule has 0 aliphatic rings. The second-order valence-electron chi connectivity index (χ2n) is 5.24. The number of benzene rings is 2. The molecule has 2 aromatic carbocycles. The molecular formula is C18H22. The van der Waals surface area contributed by atoms with Crippen molar-refractivity contribution in [2.75, 3.05) is 0 Å². The lowest BCUT2D eigenvalue weighted by Crippen LogP contribution is -1.92. The standard InChI is InChI=1S/C18H22/c1-15(2)18-13-11-17(12-14-18)10-6-9-16-7-4-3-5-8-16/h3-5,7-8,11-15H,6,9-10H2,1-2H3. The van der Waals surface area contributed by atoms with Crippen LogP contribution in [0.4, 0.5) is 0 Å². The van der Waals surface area contributed by atoms with Crippen molar-refractivity contribution in [1.82, 2.24) is 0 Å². The molecule has 0 saturated carbocycles. The maximum absolute atomic E-state index is 2.28. The fourth-order valence-electron chi connectivity index (χ4n) is 2.21. The quantitative estimate of drug-likeness (QED) is 0.688. The summed E-state index contributed by atoms with van der Waals surface area (Å²) >= 11 is 0. The van der Waals surface area contributed by atoms with Crippen LogP contribution in [-0.2, 0) is 12.8 Å². The fourth-order valence-corrected chi connectivity index (χ4v) is 2.21. The maximum atomic E-state index is 2.28. The summed E-state index contributed by atoms with van der Waals surface area (Å²) in [5.41, 5.74) is 4.33. The second-order valence-corrected chi connectivity index (χ2v) is 5.24. The molecule has 0 N–H and O–H groups in total. The maximum Gasteiger partial charge on any atom is -0.0219 e. The minimum absolute atomic E-state index is 0.628. The van der Waals surface area contributed by atoms with Gasteiger partial charge in [-0.2, -0.15) is 0 Å². The zero-order valence-corrected chi connectivity index (χ0v) is 11.4. The average molecular weight is 238 g/mol. The van der Waals surface area contributed by atoms with Crippen molar-refractivity contribution in [3.8, 4) is 0 Å². The van der Waals surface area contributed by atoms with E-state index in [2.05, 4.69) is 68.4 Å². The molecule has 0 amide bonds. The van der Waals surface area contributed by atoms with Crippen LogP contribution >= 0.6 is 0 Å². The van der Waals surface area contributed by atoms with Gasteiger partial charge in [-0.15, -0.1) is 0 Å². The van der Waals surface area contributed by atoms with Crippen LogP contribution in [0.5, 0.6) is 0 Å². The molecule has 18 heavy (non-hydrogen) atoms. The highest BCUT2D eigenvalue weighted by Gasteiger charge is 1.99. The zero-order valence-electron chi connectivity index (χ0n) is 11.4. The van der Waals surface area contributed by atoms with E-state index in [0.717, 1.165) is 0 Å². The Balaban J connectivity index is 1.83.